The highest BCUT2D eigenvalue weighted by Gasteiger charge is 2.29. The maximum Gasteiger partial charge on any atom is 0.271 e. The van der Waals surface area contributed by atoms with Gasteiger partial charge in [-0.3, -0.25) is 14.7 Å². The van der Waals surface area contributed by atoms with E-state index in [0.29, 0.717) is 18.7 Å². The monoisotopic (exact) mass is 364 g/mol. The highest BCUT2D eigenvalue weighted by Crippen LogP contribution is 2.20. The molecular formula is C16H20N4O2S2. The number of nitrogens with zero attached hydrogens (tertiary/aromatic N) is 3. The Balaban J connectivity index is 1.53. The third-order valence-electron chi connectivity index (χ3n) is 4.00. The van der Waals surface area contributed by atoms with Crippen LogP contribution in [0, 0.1) is 0 Å². The van der Waals surface area contributed by atoms with Crippen LogP contribution in [-0.4, -0.2) is 57.4 Å². The van der Waals surface area contributed by atoms with Crippen LogP contribution in [-0.2, 0) is 6.54 Å². The summed E-state index contributed by atoms with van der Waals surface area (Å²) in [6, 6.07) is 3.70. The van der Waals surface area contributed by atoms with Gasteiger partial charge in [-0.25, -0.2) is 4.98 Å². The maximum atomic E-state index is 12.3. The second-order valence-corrected chi connectivity index (χ2v) is 7.65. The maximum absolute atomic E-state index is 12.3. The van der Waals surface area contributed by atoms with E-state index in [1.807, 2.05) is 24.6 Å². The van der Waals surface area contributed by atoms with E-state index in [-0.39, 0.29) is 11.9 Å². The molecule has 0 saturated carbocycles. The van der Waals surface area contributed by atoms with Crippen LogP contribution in [0.2, 0.25) is 0 Å². The van der Waals surface area contributed by atoms with E-state index < -0.39 is 6.10 Å². The minimum atomic E-state index is -0.585. The first-order valence-electron chi connectivity index (χ1n) is 7.75. The molecule has 3 rings (SSSR count). The van der Waals surface area contributed by atoms with Crippen molar-refractivity contribution in [2.45, 2.75) is 29.5 Å². The first-order valence-corrected chi connectivity index (χ1v) is 9.86. The Kier molecular flexibility index (Phi) is 5.83. The largest absolute Gasteiger partial charge is 0.390 e. The first kappa shape index (κ1) is 17.3. The summed E-state index contributed by atoms with van der Waals surface area (Å²) in [5.41, 5.74) is 1.55. The lowest BCUT2D eigenvalue weighted by molar-refractivity contribution is 0.0348. The van der Waals surface area contributed by atoms with Crippen molar-refractivity contribution in [3.8, 4) is 0 Å². The van der Waals surface area contributed by atoms with Gasteiger partial charge in [0.25, 0.3) is 5.91 Å². The fraction of sp³-hybridized carbons (Fsp3) is 0.438. The van der Waals surface area contributed by atoms with Gasteiger partial charge in [0, 0.05) is 37.4 Å². The van der Waals surface area contributed by atoms with Gasteiger partial charge in [0.2, 0.25) is 0 Å². The Bertz CT molecular complexity index is 680. The van der Waals surface area contributed by atoms with Gasteiger partial charge in [0.15, 0.2) is 0 Å². The number of aromatic nitrogens is 2. The molecule has 128 valence electrons. The quantitative estimate of drug-likeness (QED) is 0.785. The summed E-state index contributed by atoms with van der Waals surface area (Å²) < 4.78 is 0.868. The van der Waals surface area contributed by atoms with Crippen LogP contribution in [0.3, 0.4) is 0 Å². The van der Waals surface area contributed by atoms with Crippen molar-refractivity contribution in [3.05, 3.63) is 41.2 Å². The van der Waals surface area contributed by atoms with Crippen LogP contribution >= 0.6 is 23.1 Å². The summed E-state index contributed by atoms with van der Waals surface area (Å²) in [6.07, 6.45) is 5.65. The van der Waals surface area contributed by atoms with Crippen molar-refractivity contribution in [1.82, 2.24) is 20.2 Å². The molecular weight excluding hydrogens is 344 g/mol. The minimum Gasteiger partial charge on any atom is -0.390 e. The van der Waals surface area contributed by atoms with Gasteiger partial charge in [-0.05, 0) is 24.3 Å². The zero-order valence-electron chi connectivity index (χ0n) is 13.4. The van der Waals surface area contributed by atoms with Crippen LogP contribution in [0.25, 0.3) is 0 Å². The number of piperidine rings is 1. The number of aliphatic hydroxyl groups excluding tert-OH is 1. The molecule has 0 spiro atoms. The molecule has 24 heavy (non-hydrogen) atoms. The van der Waals surface area contributed by atoms with Crippen molar-refractivity contribution < 1.29 is 9.90 Å². The van der Waals surface area contributed by atoms with E-state index >= 15 is 0 Å². The van der Waals surface area contributed by atoms with Crippen molar-refractivity contribution in [3.63, 3.8) is 0 Å². The fourth-order valence-electron chi connectivity index (χ4n) is 2.76. The number of thioether (sulfide) groups is 1. The van der Waals surface area contributed by atoms with E-state index in [1.54, 1.807) is 11.6 Å². The molecule has 0 radical (unpaired) electrons. The molecule has 1 fully saturated rings. The lowest BCUT2D eigenvalue weighted by Gasteiger charge is -2.36. The van der Waals surface area contributed by atoms with Crippen molar-refractivity contribution in [2.75, 3.05) is 19.3 Å². The van der Waals surface area contributed by atoms with Crippen LogP contribution in [0.15, 0.2) is 34.2 Å². The minimum absolute atomic E-state index is 0.212. The number of amides is 1. The second-order valence-electron chi connectivity index (χ2n) is 5.74. The average Bonchev–Trinajstić information content (AvgIpc) is 3.07. The summed E-state index contributed by atoms with van der Waals surface area (Å²) in [5, 5.41) is 15.0. The van der Waals surface area contributed by atoms with Gasteiger partial charge < -0.3 is 10.4 Å². The number of thiazole rings is 1. The van der Waals surface area contributed by atoms with E-state index in [4.69, 9.17) is 0 Å². The molecule has 6 nitrogen and oxygen atoms in total. The topological polar surface area (TPSA) is 78.4 Å². The SMILES string of the molecule is CSc1nc(C(=O)N[C@@H]2CCN(Cc3cccnc3)C[C@H]2O)cs1. The molecule has 0 bridgehead atoms. The van der Waals surface area contributed by atoms with Gasteiger partial charge >= 0.3 is 0 Å². The van der Waals surface area contributed by atoms with Gasteiger partial charge in [0.05, 0.1) is 12.1 Å². The number of β-amino-alcohol motifs (C(OH)–C–C–N with tert-alkyl or cyclic N) is 1. The van der Waals surface area contributed by atoms with Crippen LogP contribution < -0.4 is 5.32 Å². The Morgan fingerprint density at radius 1 is 1.58 bits per heavy atom. The third-order valence-corrected chi connectivity index (χ3v) is 5.87. The third kappa shape index (κ3) is 4.32. The summed E-state index contributed by atoms with van der Waals surface area (Å²) in [5.74, 6) is -0.212. The molecule has 0 aliphatic carbocycles. The van der Waals surface area contributed by atoms with Crippen LogP contribution in [0.1, 0.15) is 22.5 Å². The molecule has 1 saturated heterocycles. The lowest BCUT2D eigenvalue weighted by Crippen LogP contribution is -2.53. The Labute approximate surface area is 149 Å². The molecule has 2 N–H and O–H groups in total. The van der Waals surface area contributed by atoms with E-state index in [1.165, 1.54) is 23.1 Å². The molecule has 2 aromatic rings. The molecule has 0 aromatic carbocycles. The number of hydrogen-bond acceptors (Lipinski definition) is 7. The molecule has 1 aliphatic rings. The Morgan fingerprint density at radius 3 is 3.12 bits per heavy atom. The summed E-state index contributed by atoms with van der Waals surface area (Å²) >= 11 is 2.98. The summed E-state index contributed by atoms with van der Waals surface area (Å²) in [4.78, 5) is 22.8. The van der Waals surface area contributed by atoms with Gasteiger partial charge in [-0.2, -0.15) is 0 Å². The van der Waals surface area contributed by atoms with Crippen molar-refractivity contribution in [1.29, 1.82) is 0 Å². The lowest BCUT2D eigenvalue weighted by atomic mass is 10.0. The number of nitrogens with one attached hydrogen (secondary N) is 1. The molecule has 0 unspecified atom stereocenters. The van der Waals surface area contributed by atoms with Gasteiger partial charge in [-0.1, -0.05) is 17.8 Å². The molecule has 1 amide bonds. The molecule has 2 atom stereocenters. The number of pyridine rings is 1. The predicted molar refractivity (Wildman–Crippen MR) is 95.3 cm³/mol. The summed E-state index contributed by atoms with van der Waals surface area (Å²) in [6.45, 7) is 2.12. The van der Waals surface area contributed by atoms with Gasteiger partial charge in [-0.15, -0.1) is 11.3 Å². The molecule has 1 aliphatic heterocycles. The van der Waals surface area contributed by atoms with Gasteiger partial charge in [0.1, 0.15) is 10.0 Å². The standard InChI is InChI=1S/C16H20N4O2S2/c1-23-16-19-13(10-24-16)15(22)18-12-4-6-20(9-14(12)21)8-11-3-2-5-17-7-11/h2-3,5,7,10,12,14,21H,4,6,8-9H2,1H3,(H,18,22)/t12-,14-/m1/s1. The zero-order chi connectivity index (χ0) is 16.9. The number of carbonyl (C=O) groups is 1. The Hall–Kier alpha value is -1.48. The van der Waals surface area contributed by atoms with Crippen LogP contribution in [0.5, 0.6) is 0 Å². The van der Waals surface area contributed by atoms with Crippen molar-refractivity contribution >= 4 is 29.0 Å². The highest BCUT2D eigenvalue weighted by atomic mass is 32.2. The normalized spacial score (nSPS) is 21.6. The predicted octanol–water partition coefficient (Wildman–Crippen LogP) is 1.63. The fourth-order valence-corrected chi connectivity index (χ4v) is 4.00. The number of aliphatic hydroxyl groups is 1. The molecule has 2 aromatic heterocycles. The Morgan fingerprint density at radius 2 is 2.46 bits per heavy atom. The number of likely N-dealkylation sites (tertiary alicyclic amines) is 1. The van der Waals surface area contributed by atoms with Crippen molar-refractivity contribution in [2.24, 2.45) is 0 Å². The van der Waals surface area contributed by atoms with E-state index in [0.717, 1.165) is 23.0 Å². The second kappa shape index (κ2) is 8.06. The number of carbonyl (C=O) groups excluding carboxylic acids is 1. The van der Waals surface area contributed by atoms with Crippen LogP contribution in [0.4, 0.5) is 0 Å². The average molecular weight is 364 g/mol. The van der Waals surface area contributed by atoms with E-state index in [2.05, 4.69) is 20.2 Å². The zero-order valence-corrected chi connectivity index (χ0v) is 15.0. The number of rotatable bonds is 5. The number of hydrogen-bond donors (Lipinski definition) is 2. The molecule has 3 heterocycles. The first-order chi connectivity index (χ1) is 11.7. The molecule has 8 heteroatoms. The smallest absolute Gasteiger partial charge is 0.271 e. The van der Waals surface area contributed by atoms with E-state index in [9.17, 15) is 9.90 Å². The highest BCUT2D eigenvalue weighted by molar-refractivity contribution is 8.00. The summed E-state index contributed by atoms with van der Waals surface area (Å²) in [7, 11) is 0.